The van der Waals surface area contributed by atoms with Gasteiger partial charge in [-0.2, -0.15) is 0 Å². The van der Waals surface area contributed by atoms with Crippen molar-refractivity contribution in [2.75, 3.05) is 20.7 Å². The standard InChI is InChI=1S/C18H20FNO3/c1-12-8-9-13(18(22)20(2)3)10-17(12)23-11-16(21)14-6-4-5-7-15(14)19/h4-10,16,21H,11H2,1-3H3/t16-/m1/s1. The molecular formula is C18H20FNO3. The van der Waals surface area contributed by atoms with E-state index in [9.17, 15) is 14.3 Å². The highest BCUT2D eigenvalue weighted by Crippen LogP contribution is 2.23. The Morgan fingerprint density at radius 2 is 1.96 bits per heavy atom. The molecule has 1 atom stereocenters. The SMILES string of the molecule is Cc1ccc(C(=O)N(C)C)cc1OC[C@@H](O)c1ccccc1F. The summed E-state index contributed by atoms with van der Waals surface area (Å²) in [6.45, 7) is 1.75. The molecule has 1 N–H and O–H groups in total. The van der Waals surface area contributed by atoms with E-state index in [1.165, 1.54) is 17.0 Å². The van der Waals surface area contributed by atoms with Crippen LogP contribution in [0.15, 0.2) is 42.5 Å². The Labute approximate surface area is 135 Å². The van der Waals surface area contributed by atoms with Crippen LogP contribution >= 0.6 is 0 Å². The van der Waals surface area contributed by atoms with Gasteiger partial charge >= 0.3 is 0 Å². The highest BCUT2D eigenvalue weighted by Gasteiger charge is 2.15. The number of amides is 1. The molecule has 0 aromatic heterocycles. The van der Waals surface area contributed by atoms with E-state index < -0.39 is 11.9 Å². The summed E-state index contributed by atoms with van der Waals surface area (Å²) >= 11 is 0. The predicted molar refractivity (Wildman–Crippen MR) is 86.1 cm³/mol. The average Bonchev–Trinajstić information content (AvgIpc) is 2.53. The minimum absolute atomic E-state index is 0.0959. The van der Waals surface area contributed by atoms with Crippen molar-refractivity contribution in [2.24, 2.45) is 0 Å². The lowest BCUT2D eigenvalue weighted by Crippen LogP contribution is -2.21. The van der Waals surface area contributed by atoms with Crippen LogP contribution in [0.3, 0.4) is 0 Å². The summed E-state index contributed by atoms with van der Waals surface area (Å²) in [6, 6.07) is 11.2. The zero-order valence-electron chi connectivity index (χ0n) is 13.4. The number of hydrogen-bond acceptors (Lipinski definition) is 3. The van der Waals surface area contributed by atoms with Gasteiger partial charge < -0.3 is 14.7 Å². The number of benzene rings is 2. The van der Waals surface area contributed by atoms with Gasteiger partial charge in [0.1, 0.15) is 24.3 Å². The third-order valence-corrected chi connectivity index (χ3v) is 3.50. The monoisotopic (exact) mass is 317 g/mol. The number of carbonyl (C=O) groups is 1. The Hall–Kier alpha value is -2.40. The van der Waals surface area contributed by atoms with E-state index in [-0.39, 0.29) is 18.1 Å². The summed E-state index contributed by atoms with van der Waals surface area (Å²) in [6.07, 6.45) is -1.08. The quantitative estimate of drug-likeness (QED) is 0.922. The van der Waals surface area contributed by atoms with Crippen molar-refractivity contribution in [1.29, 1.82) is 0 Å². The van der Waals surface area contributed by atoms with Crippen LogP contribution in [0.5, 0.6) is 5.75 Å². The van der Waals surface area contributed by atoms with Gasteiger partial charge in [0.05, 0.1) is 0 Å². The molecule has 2 aromatic carbocycles. The minimum Gasteiger partial charge on any atom is -0.490 e. The molecule has 2 rings (SSSR count). The predicted octanol–water partition coefficient (Wildman–Crippen LogP) is 2.95. The van der Waals surface area contributed by atoms with E-state index in [1.54, 1.807) is 44.4 Å². The molecule has 0 bridgehead atoms. The highest BCUT2D eigenvalue weighted by atomic mass is 19.1. The van der Waals surface area contributed by atoms with Gasteiger partial charge in [0.2, 0.25) is 0 Å². The van der Waals surface area contributed by atoms with Gasteiger partial charge in [0.25, 0.3) is 5.91 Å². The lowest BCUT2D eigenvalue weighted by Gasteiger charge is -2.16. The Morgan fingerprint density at radius 1 is 1.26 bits per heavy atom. The number of rotatable bonds is 5. The first-order chi connectivity index (χ1) is 10.9. The van der Waals surface area contributed by atoms with Crippen LogP contribution in [0.1, 0.15) is 27.6 Å². The molecule has 0 unspecified atom stereocenters. The van der Waals surface area contributed by atoms with Crippen LogP contribution in [0.4, 0.5) is 4.39 Å². The van der Waals surface area contributed by atoms with Gasteiger partial charge in [-0.15, -0.1) is 0 Å². The van der Waals surface area contributed by atoms with Crippen molar-refractivity contribution >= 4 is 5.91 Å². The average molecular weight is 317 g/mol. The molecule has 122 valence electrons. The lowest BCUT2D eigenvalue weighted by molar-refractivity contribution is 0.0826. The second-order valence-corrected chi connectivity index (χ2v) is 5.53. The van der Waals surface area contributed by atoms with Crippen molar-refractivity contribution in [3.63, 3.8) is 0 Å². The normalized spacial score (nSPS) is 11.9. The zero-order valence-corrected chi connectivity index (χ0v) is 13.4. The van der Waals surface area contributed by atoms with Gasteiger partial charge in [-0.1, -0.05) is 24.3 Å². The van der Waals surface area contributed by atoms with Crippen molar-refractivity contribution in [2.45, 2.75) is 13.0 Å². The third kappa shape index (κ3) is 4.07. The Morgan fingerprint density at radius 3 is 2.61 bits per heavy atom. The first-order valence-electron chi connectivity index (χ1n) is 7.27. The van der Waals surface area contributed by atoms with Crippen molar-refractivity contribution in [3.8, 4) is 5.75 Å². The molecule has 0 radical (unpaired) electrons. The summed E-state index contributed by atoms with van der Waals surface area (Å²) in [4.78, 5) is 13.5. The fraction of sp³-hybridized carbons (Fsp3) is 0.278. The maximum absolute atomic E-state index is 13.6. The molecule has 0 aliphatic heterocycles. The smallest absolute Gasteiger partial charge is 0.253 e. The van der Waals surface area contributed by atoms with Gasteiger partial charge in [0.15, 0.2) is 0 Å². The molecule has 0 heterocycles. The number of halogens is 1. The number of aliphatic hydroxyl groups excluding tert-OH is 1. The fourth-order valence-electron chi connectivity index (χ4n) is 2.15. The number of nitrogens with zero attached hydrogens (tertiary/aromatic N) is 1. The summed E-state index contributed by atoms with van der Waals surface area (Å²) in [5.74, 6) is -0.116. The third-order valence-electron chi connectivity index (χ3n) is 3.50. The van der Waals surface area contributed by atoms with Gasteiger partial charge in [-0.3, -0.25) is 4.79 Å². The molecule has 23 heavy (non-hydrogen) atoms. The molecular weight excluding hydrogens is 297 g/mol. The second kappa shape index (κ2) is 7.24. The molecule has 0 fully saturated rings. The second-order valence-electron chi connectivity index (χ2n) is 5.53. The van der Waals surface area contributed by atoms with E-state index in [0.717, 1.165) is 5.56 Å². The van der Waals surface area contributed by atoms with E-state index >= 15 is 0 Å². The van der Waals surface area contributed by atoms with Crippen LogP contribution in [0, 0.1) is 12.7 Å². The molecule has 0 saturated carbocycles. The first kappa shape index (κ1) is 17.0. The van der Waals surface area contributed by atoms with Crippen LogP contribution in [-0.4, -0.2) is 36.6 Å². The largest absolute Gasteiger partial charge is 0.490 e. The van der Waals surface area contributed by atoms with Gasteiger partial charge in [0, 0.05) is 25.2 Å². The van der Waals surface area contributed by atoms with Gasteiger partial charge in [-0.05, 0) is 30.7 Å². The summed E-state index contributed by atoms with van der Waals surface area (Å²) in [7, 11) is 3.34. The van der Waals surface area contributed by atoms with E-state index in [0.29, 0.717) is 11.3 Å². The van der Waals surface area contributed by atoms with Crippen LogP contribution < -0.4 is 4.74 Å². The van der Waals surface area contributed by atoms with E-state index in [1.807, 2.05) is 6.92 Å². The Balaban J connectivity index is 2.12. The highest BCUT2D eigenvalue weighted by molar-refractivity contribution is 5.94. The Bertz CT molecular complexity index is 700. The van der Waals surface area contributed by atoms with Gasteiger partial charge in [-0.25, -0.2) is 4.39 Å². The van der Waals surface area contributed by atoms with E-state index in [4.69, 9.17) is 4.74 Å². The van der Waals surface area contributed by atoms with E-state index in [2.05, 4.69) is 0 Å². The van der Waals surface area contributed by atoms with Crippen LogP contribution in [0.25, 0.3) is 0 Å². The van der Waals surface area contributed by atoms with Crippen LogP contribution in [-0.2, 0) is 0 Å². The first-order valence-corrected chi connectivity index (χ1v) is 7.27. The van der Waals surface area contributed by atoms with Crippen LogP contribution in [0.2, 0.25) is 0 Å². The summed E-state index contributed by atoms with van der Waals surface area (Å²) in [5.41, 5.74) is 1.52. The molecule has 4 nitrogen and oxygen atoms in total. The number of aryl methyl sites for hydroxylation is 1. The molecule has 1 amide bonds. The topological polar surface area (TPSA) is 49.8 Å². The maximum Gasteiger partial charge on any atom is 0.253 e. The molecule has 0 spiro atoms. The zero-order chi connectivity index (χ0) is 17.0. The molecule has 5 heteroatoms. The maximum atomic E-state index is 13.6. The molecule has 0 aliphatic rings. The van der Waals surface area contributed by atoms with Crippen molar-refractivity contribution in [1.82, 2.24) is 4.90 Å². The number of hydrogen-bond donors (Lipinski definition) is 1. The minimum atomic E-state index is -1.08. The molecule has 0 saturated heterocycles. The molecule has 2 aromatic rings. The summed E-state index contributed by atoms with van der Waals surface area (Å²) < 4.78 is 19.2. The van der Waals surface area contributed by atoms with Crippen molar-refractivity contribution in [3.05, 3.63) is 65.0 Å². The summed E-state index contributed by atoms with van der Waals surface area (Å²) in [5, 5.41) is 10.1. The lowest BCUT2D eigenvalue weighted by atomic mass is 10.1. The fourth-order valence-corrected chi connectivity index (χ4v) is 2.15. The molecule has 0 aliphatic carbocycles. The number of ether oxygens (including phenoxy) is 1. The van der Waals surface area contributed by atoms with Crippen molar-refractivity contribution < 1.29 is 19.0 Å². The number of carbonyl (C=O) groups excluding carboxylic acids is 1. The number of aliphatic hydroxyl groups is 1. The Kier molecular flexibility index (Phi) is 5.34.